The fourth-order valence-corrected chi connectivity index (χ4v) is 7.49. The van der Waals surface area contributed by atoms with Gasteiger partial charge in [-0.2, -0.15) is 0 Å². The van der Waals surface area contributed by atoms with Gasteiger partial charge >= 0.3 is 267 Å². The van der Waals surface area contributed by atoms with Crippen molar-refractivity contribution < 1.29 is 27.7 Å². The number of aromatic amines is 2. The van der Waals surface area contributed by atoms with Gasteiger partial charge in [-0.15, -0.1) is 0 Å². The zero-order valence-corrected chi connectivity index (χ0v) is 36.3. The second kappa shape index (κ2) is 16.1. The molecule has 8 bridgehead atoms. The fourth-order valence-electron chi connectivity index (χ4n) is 6.89. The quantitative estimate of drug-likeness (QED) is 0.110. The van der Waals surface area contributed by atoms with E-state index in [1.54, 1.807) is 12.1 Å². The maximum absolute atomic E-state index is 9.04. The Hall–Kier alpha value is -7.37. The number of rotatable bonds is 6. The molecule has 0 aliphatic carbocycles. The Bertz CT molecular complexity index is 3150. The van der Waals surface area contributed by atoms with Crippen LogP contribution in [-0.4, -0.2) is 77.5 Å². The number of nitrogens with one attached hydrogen (secondary N) is 2. The Morgan fingerprint density at radius 1 is 0.583 bits per heavy atom. The summed E-state index contributed by atoms with van der Waals surface area (Å²) in [4.78, 5) is 40.8. The van der Waals surface area contributed by atoms with E-state index < -0.39 is 0 Å². The van der Waals surface area contributed by atoms with Gasteiger partial charge in [0.15, 0.2) is 0 Å². The predicted octanol–water partition coefficient (Wildman–Crippen LogP) is 8.81. The zero-order chi connectivity index (χ0) is 41.3. The summed E-state index contributed by atoms with van der Waals surface area (Å²) in [5.74, 6) is 3.28. The van der Waals surface area contributed by atoms with Crippen LogP contribution in [0.2, 0.25) is 0 Å². The van der Waals surface area contributed by atoms with Crippen molar-refractivity contribution in [1.29, 1.82) is 0 Å². The molecule has 0 saturated heterocycles. The topological polar surface area (TPSA) is 145 Å². The van der Waals surface area contributed by atoms with Crippen molar-refractivity contribution in [2.45, 2.75) is 0 Å². The molecule has 2 aliphatic heterocycles. The number of benzene rings is 5. The molecule has 0 amide bonds. The number of nitrogens with zero attached hydrogens (tertiary/aromatic N) is 8. The normalized spacial score (nSPS) is 11.4. The van der Waals surface area contributed by atoms with E-state index in [0.717, 1.165) is 72.3 Å². The van der Waals surface area contributed by atoms with E-state index >= 15 is 0 Å². The van der Waals surface area contributed by atoms with Gasteiger partial charge in [0.25, 0.3) is 0 Å². The molecule has 0 fully saturated rings. The number of phenols is 1. The predicted molar refractivity (Wildman–Crippen MR) is 235 cm³/mol. The van der Waals surface area contributed by atoms with Crippen LogP contribution in [-0.2, 0) is 17.9 Å². The number of anilines is 2. The molecule has 0 radical (unpaired) electrons. The standard InChI is InChI=1S/C39H26N9O.C8H11NO.Zn/c1-48(2)24-12-9-13-25(22-24)49-20-10-11-23-21-32-40-33(23)42-35-28-16-5-6-17-29(28)37(44-35)46-39-31-19-8-7-18-30(31)38(47-39)45-36-27-15-4-3-14-26(27)34(41-32)43-36;1-9(2)7-4-3-5-8(10)6-7;/h3-19,22H,1-2H3,(H2,40,41,42,43,44,45,46,47);3-6,10H,1-2H3;/q-1;;/b11-10-;;. The first-order valence-electron chi connectivity index (χ1n) is 19.2. The van der Waals surface area contributed by atoms with Crippen molar-refractivity contribution in [2.24, 2.45) is 0 Å². The van der Waals surface area contributed by atoms with Crippen LogP contribution < -0.4 is 14.5 Å². The Morgan fingerprint density at radius 2 is 1.08 bits per heavy atom. The number of phenolic OH excluding ortho intramolecular Hbond substituents is 1. The van der Waals surface area contributed by atoms with Crippen LogP contribution in [0.15, 0.2) is 127 Å². The van der Waals surface area contributed by atoms with Crippen molar-refractivity contribution in [2.75, 3.05) is 38.0 Å². The van der Waals surface area contributed by atoms with Crippen molar-refractivity contribution in [3.05, 3.63) is 139 Å². The summed E-state index contributed by atoms with van der Waals surface area (Å²) in [6.07, 6.45) is 3.89. The van der Waals surface area contributed by atoms with Crippen LogP contribution in [0.4, 0.5) is 11.4 Å². The van der Waals surface area contributed by atoms with Gasteiger partial charge in [0.2, 0.25) is 0 Å². The number of aromatic nitrogens is 8. The third kappa shape index (κ3) is 7.78. The number of H-pyrrole nitrogens is 2. The van der Waals surface area contributed by atoms with Crippen molar-refractivity contribution in [3.63, 3.8) is 0 Å². The van der Waals surface area contributed by atoms with E-state index in [0.29, 0.717) is 57.2 Å². The van der Waals surface area contributed by atoms with Crippen LogP contribution in [0.5, 0.6) is 11.5 Å². The first-order valence-corrected chi connectivity index (χ1v) is 20.7. The van der Waals surface area contributed by atoms with Crippen LogP contribution in [0, 0.1) is 6.07 Å². The second-order valence-electron chi connectivity index (χ2n) is 14.5. The summed E-state index contributed by atoms with van der Waals surface area (Å²) >= 11 is 0.807. The van der Waals surface area contributed by atoms with Crippen LogP contribution in [0.1, 0.15) is 5.56 Å². The molecule has 3 aromatic heterocycles. The molecule has 0 spiro atoms. The second-order valence-corrected chi connectivity index (χ2v) is 16.0. The van der Waals surface area contributed by atoms with Gasteiger partial charge in [-0.05, 0) is 12.1 Å². The van der Waals surface area contributed by atoms with Gasteiger partial charge in [0.05, 0.1) is 0 Å². The van der Waals surface area contributed by atoms with E-state index in [1.165, 1.54) is 0 Å². The first kappa shape index (κ1) is 38.2. The maximum atomic E-state index is 9.04. The van der Waals surface area contributed by atoms with Gasteiger partial charge in [0.1, 0.15) is 5.75 Å². The van der Waals surface area contributed by atoms with Crippen molar-refractivity contribution >= 4 is 55.1 Å². The Kier molecular flexibility index (Phi) is 10.3. The molecule has 12 nitrogen and oxygen atoms in total. The van der Waals surface area contributed by atoms with Crippen LogP contribution in [0.25, 0.3) is 85.0 Å². The van der Waals surface area contributed by atoms with E-state index in [2.05, 4.69) is 16.0 Å². The zero-order valence-electron chi connectivity index (χ0n) is 33.3. The van der Waals surface area contributed by atoms with E-state index in [1.807, 2.05) is 159 Å². The van der Waals surface area contributed by atoms with E-state index in [9.17, 15) is 0 Å². The molecular weight excluding hydrogens is 802 g/mol. The first-order chi connectivity index (χ1) is 29.2. The average molecular weight is 839 g/mol. The van der Waals surface area contributed by atoms with Crippen LogP contribution >= 0.6 is 0 Å². The van der Waals surface area contributed by atoms with Gasteiger partial charge in [-0.1, -0.05) is 30.3 Å². The van der Waals surface area contributed by atoms with Gasteiger partial charge in [0, 0.05) is 31.2 Å². The SMILES string of the molecule is CN(C)c1cccc(O)c1.CN(C)c1cccc(O[C](=[Zn])/C=C\c2[c-]c3nc4nc(nc5[nH]c(nc6nc(nc2[nH]3)-c2ccccc2-6)c2ccccc52)-c2ccccc2-4)c1. The number of hydrogen-bond acceptors (Lipinski definition) is 10. The van der Waals surface area contributed by atoms with E-state index in [-0.39, 0.29) is 0 Å². The van der Waals surface area contributed by atoms with Crippen molar-refractivity contribution in [1.82, 2.24) is 39.9 Å². The monoisotopic (exact) mass is 837 g/mol. The number of hydrogen-bond donors (Lipinski definition) is 3. The third-order valence-electron chi connectivity index (χ3n) is 9.90. The average Bonchev–Trinajstić information content (AvgIpc) is 4.00. The summed E-state index contributed by atoms with van der Waals surface area (Å²) in [7, 11) is 7.90. The summed E-state index contributed by atoms with van der Waals surface area (Å²) in [5.41, 5.74) is 8.68. The molecule has 60 heavy (non-hydrogen) atoms. The van der Waals surface area contributed by atoms with Gasteiger partial charge in [-0.3, -0.25) is 0 Å². The molecule has 13 heteroatoms. The molecule has 10 rings (SSSR count). The molecule has 8 aromatic rings. The molecule has 3 N–H and O–H groups in total. The third-order valence-corrected chi connectivity index (χ3v) is 10.7. The van der Waals surface area contributed by atoms with Crippen LogP contribution in [0.3, 0.4) is 0 Å². The minimum absolute atomic E-state index is 0.311. The molecule has 2 aliphatic rings. The molecular formula is C47H37N10O2Zn-. The van der Waals surface area contributed by atoms with Gasteiger partial charge < -0.3 is 10.0 Å². The minimum atomic E-state index is 0.311. The van der Waals surface area contributed by atoms with E-state index in [4.69, 9.17) is 39.7 Å². The Balaban J connectivity index is 0.000000408. The molecule has 0 atom stereocenters. The number of fused-ring (bicyclic) bond motifs is 17. The summed E-state index contributed by atoms with van der Waals surface area (Å²) < 4.78 is 7.04. The molecule has 5 aromatic carbocycles. The number of ether oxygens (including phenoxy) is 1. The molecule has 5 heterocycles. The summed E-state index contributed by atoms with van der Waals surface area (Å²) in [6, 6.07) is 42.6. The molecule has 0 unspecified atom stereocenters. The van der Waals surface area contributed by atoms with Gasteiger partial charge in [-0.25, -0.2) is 0 Å². The molecule has 0 saturated carbocycles. The summed E-state index contributed by atoms with van der Waals surface area (Å²) in [5, 5.41) is 10.9. The van der Waals surface area contributed by atoms with Crippen molar-refractivity contribution in [3.8, 4) is 57.1 Å². The fraction of sp³-hybridized carbons (Fsp3) is 0.0851. The Morgan fingerprint density at radius 3 is 1.62 bits per heavy atom. The molecule has 290 valence electrons. The Labute approximate surface area is 355 Å². The summed E-state index contributed by atoms with van der Waals surface area (Å²) in [6.45, 7) is 0. The number of aromatic hydroxyl groups is 1.